The van der Waals surface area contributed by atoms with Crippen molar-refractivity contribution in [1.82, 2.24) is 0 Å². The molecule has 0 saturated carbocycles. The van der Waals surface area contributed by atoms with Gasteiger partial charge in [0.1, 0.15) is 17.3 Å². The number of aliphatic hydroxyl groups excluding tert-OH is 1. The van der Waals surface area contributed by atoms with E-state index in [1.165, 1.54) is 21.1 Å². The third kappa shape index (κ3) is 9.87. The molecule has 7 rings (SSSR count). The molecular weight excluding hydrogens is 888 g/mol. The molecule has 0 aromatic heterocycles. The van der Waals surface area contributed by atoms with Crippen molar-refractivity contribution < 1.29 is 116 Å². The van der Waals surface area contributed by atoms with Gasteiger partial charge in [-0.25, -0.2) is 0 Å². The van der Waals surface area contributed by atoms with E-state index < -0.39 is 89.5 Å². The van der Waals surface area contributed by atoms with Crippen LogP contribution in [-0.2, 0) is 66.4 Å². The van der Waals surface area contributed by atoms with E-state index in [1.54, 1.807) is 35.2 Å². The number of methoxy groups -OCH3 is 5. The Balaban J connectivity index is 0.00000741. The predicted molar refractivity (Wildman–Crippen MR) is 231 cm³/mol. The number of aliphatic hydroxyl groups is 3. The van der Waals surface area contributed by atoms with Crippen LogP contribution in [0.2, 0.25) is 0 Å². The van der Waals surface area contributed by atoms with E-state index in [-0.39, 0.29) is 102 Å². The normalized spacial score (nSPS) is 53.1. The summed E-state index contributed by atoms with van der Waals surface area (Å²) in [5.41, 5.74) is -2.19. The fraction of sp³-hybridized carbons (Fsp3) is 0.979. The van der Waals surface area contributed by atoms with Crippen molar-refractivity contribution in [3.05, 3.63) is 0 Å². The largest absolute Gasteiger partial charge is 1.00 e. The van der Waals surface area contributed by atoms with Gasteiger partial charge in [0, 0.05) is 84.4 Å². The van der Waals surface area contributed by atoms with Gasteiger partial charge in [0.2, 0.25) is 5.79 Å². The van der Waals surface area contributed by atoms with E-state index in [4.69, 9.17) is 61.6 Å². The number of hydrogen-bond acceptors (Lipinski definition) is 18. The Hall–Kier alpha value is -0.170. The molecule has 7 saturated heterocycles. The summed E-state index contributed by atoms with van der Waals surface area (Å²) in [5.74, 6) is -9.19. The molecule has 0 aliphatic carbocycles. The Morgan fingerprint density at radius 1 is 0.716 bits per heavy atom. The number of aliphatic carboxylic acids is 1. The summed E-state index contributed by atoms with van der Waals surface area (Å²) < 4.78 is 83.7. The maximum atomic E-state index is 11.9. The average molecular weight is 969 g/mol. The molecule has 67 heavy (non-hydrogen) atoms. The molecule has 18 nitrogen and oxygen atoms in total. The van der Waals surface area contributed by atoms with Crippen LogP contribution in [0.5, 0.6) is 0 Å². The molecule has 7 aliphatic heterocycles. The minimum Gasteiger partial charge on any atom is -0.547 e. The molecule has 19 heteroatoms. The van der Waals surface area contributed by atoms with Crippen molar-refractivity contribution in [2.24, 2.45) is 29.6 Å². The van der Waals surface area contributed by atoms with Crippen LogP contribution in [0.4, 0.5) is 0 Å². The van der Waals surface area contributed by atoms with Gasteiger partial charge in [0.25, 0.3) is 0 Å². The number of rotatable bonds is 14. The van der Waals surface area contributed by atoms with Gasteiger partial charge in [-0.05, 0) is 59.8 Å². The zero-order valence-corrected chi connectivity index (χ0v) is 44.7. The minimum absolute atomic E-state index is 0. The summed E-state index contributed by atoms with van der Waals surface area (Å²) in [6, 6.07) is 0. The van der Waals surface area contributed by atoms with Gasteiger partial charge < -0.3 is 86.8 Å². The first kappa shape index (κ1) is 56.1. The number of carbonyl (C=O) groups is 1. The van der Waals surface area contributed by atoms with Crippen molar-refractivity contribution in [1.29, 1.82) is 0 Å². The van der Waals surface area contributed by atoms with Crippen molar-refractivity contribution in [3.8, 4) is 0 Å². The monoisotopic (exact) mass is 969 g/mol. The van der Waals surface area contributed by atoms with Gasteiger partial charge in [-0.2, -0.15) is 0 Å². The topological polar surface area (TPSA) is 221 Å². The van der Waals surface area contributed by atoms with Crippen LogP contribution < -0.4 is 34.7 Å². The van der Waals surface area contributed by atoms with Gasteiger partial charge in [-0.1, -0.05) is 34.6 Å². The van der Waals surface area contributed by atoms with Gasteiger partial charge in [-0.15, -0.1) is 0 Å². The SMILES string of the molecule is CO[C@H]1CC[C@H](O[C@H]2[C@H](C)[C@@H]([C@H]3CC[C@H]([C@@H]4CC[C@H]([C@@]5(C)OC6(O[C@H](C[C@@H]7O[C@](O)([C@@H](O)C(=O)[O-])[C@@H](C)[C@H](OC)[C@@]7(C)OC)C[C@@H](OC)[C@H]6C)[C@H](C)[C@H]5OC)O4)O3)O[C@](C)(O)[C@@H]2C)O[C@@H]1C.[Na+]. The standard InChI is InChI=1S/C48H82O18.Na/c1-23-38(62-37-20-18-30(54-10)28(6)59-37)25(3)46(9,52)65-39(23)33-16-15-31(60-33)32-17-19-35(61-32)45(8)42(57-13)27(5)48(66-45)24(2)34(55-11)21-29(63-48)22-36-44(7,58-14)41(56-12)26(4)47(53,64-36)40(49)43(50)51;/h23-42,49,52-53H,15-22H2,1-14H3,(H,50,51);/q;+1/p-1/t23-,24+,25+,26-,27+,28+,29-,30-,31+,32-,33+,34+,35+,36-,37-,38-,39-,40-,41-,42+,44-,45+,46-,47-,48?;/m0./s1. The van der Waals surface area contributed by atoms with E-state index in [1.807, 2.05) is 34.6 Å². The van der Waals surface area contributed by atoms with Crippen LogP contribution >= 0.6 is 0 Å². The van der Waals surface area contributed by atoms with E-state index in [2.05, 4.69) is 6.92 Å². The molecule has 382 valence electrons. The Labute approximate surface area is 419 Å². The summed E-state index contributed by atoms with van der Waals surface area (Å²) in [6.45, 7) is 17.2. The van der Waals surface area contributed by atoms with Crippen LogP contribution in [0.3, 0.4) is 0 Å². The average Bonchev–Trinajstić information content (AvgIpc) is 4.02. The van der Waals surface area contributed by atoms with Crippen LogP contribution in [-0.4, -0.2) is 177 Å². The molecule has 7 heterocycles. The second-order valence-electron chi connectivity index (χ2n) is 21.2. The fourth-order valence-electron chi connectivity index (χ4n) is 13.3. The van der Waals surface area contributed by atoms with E-state index in [9.17, 15) is 25.2 Å². The zero-order valence-electron chi connectivity index (χ0n) is 42.7. The van der Waals surface area contributed by atoms with Crippen LogP contribution in [0.15, 0.2) is 0 Å². The first-order chi connectivity index (χ1) is 31.0. The maximum Gasteiger partial charge on any atom is 1.00 e. The van der Waals surface area contributed by atoms with E-state index >= 15 is 0 Å². The second-order valence-corrected chi connectivity index (χ2v) is 21.2. The summed E-state index contributed by atoms with van der Waals surface area (Å²) in [4.78, 5) is 11.9. The van der Waals surface area contributed by atoms with Gasteiger partial charge in [0.15, 0.2) is 17.9 Å². The molecule has 0 bridgehead atoms. The Morgan fingerprint density at radius 3 is 1.94 bits per heavy atom. The quantitative estimate of drug-likeness (QED) is 0.189. The number of carbonyl (C=O) groups excluding carboxylic acids is 1. The number of carboxylic acids is 1. The number of ether oxygens (including phenoxy) is 13. The van der Waals surface area contributed by atoms with E-state index in [0.29, 0.717) is 19.3 Å². The van der Waals surface area contributed by atoms with Gasteiger partial charge in [0.05, 0.1) is 85.3 Å². The van der Waals surface area contributed by atoms with Crippen molar-refractivity contribution >= 4 is 5.97 Å². The van der Waals surface area contributed by atoms with Crippen molar-refractivity contribution in [3.63, 3.8) is 0 Å². The van der Waals surface area contributed by atoms with Crippen LogP contribution in [0, 0.1) is 29.6 Å². The third-order valence-corrected chi connectivity index (χ3v) is 17.6. The molecule has 0 aromatic carbocycles. The third-order valence-electron chi connectivity index (χ3n) is 17.6. The summed E-state index contributed by atoms with van der Waals surface area (Å²) in [5, 5.41) is 45.9. The van der Waals surface area contributed by atoms with Crippen LogP contribution in [0.25, 0.3) is 0 Å². The molecule has 1 unspecified atom stereocenters. The van der Waals surface area contributed by atoms with Gasteiger partial charge >= 0.3 is 29.6 Å². The maximum absolute atomic E-state index is 11.9. The smallest absolute Gasteiger partial charge is 0.547 e. The van der Waals surface area contributed by atoms with Crippen molar-refractivity contribution in [2.75, 3.05) is 35.5 Å². The molecule has 7 fully saturated rings. The summed E-state index contributed by atoms with van der Waals surface area (Å²) in [6.07, 6.45) is -3.20. The minimum atomic E-state index is -2.56. The van der Waals surface area contributed by atoms with Gasteiger partial charge in [-0.3, -0.25) is 0 Å². The molecule has 0 amide bonds. The van der Waals surface area contributed by atoms with Crippen LogP contribution in [0.1, 0.15) is 114 Å². The molecule has 7 aliphatic rings. The summed E-state index contributed by atoms with van der Waals surface area (Å²) >= 11 is 0. The fourth-order valence-corrected chi connectivity index (χ4v) is 13.3. The molecule has 1 spiro atoms. The first-order valence-corrected chi connectivity index (χ1v) is 24.3. The zero-order chi connectivity index (χ0) is 48.5. The first-order valence-electron chi connectivity index (χ1n) is 24.3. The molecule has 3 N–H and O–H groups in total. The summed E-state index contributed by atoms with van der Waals surface area (Å²) in [7, 11) is 7.94. The molecular formula is C48H81NaO18. The molecule has 0 aromatic rings. The van der Waals surface area contributed by atoms with E-state index in [0.717, 1.165) is 25.7 Å². The molecule has 0 radical (unpaired) electrons. The second kappa shape index (κ2) is 21.4. The molecule has 25 atom stereocenters. The Bertz CT molecular complexity index is 1660. The Kier molecular flexibility index (Phi) is 17.9. The van der Waals surface area contributed by atoms with Crippen molar-refractivity contribution in [2.45, 2.75) is 234 Å². The number of carboxylic acid groups (broad SMARTS) is 1. The Morgan fingerprint density at radius 2 is 1.34 bits per heavy atom. The predicted octanol–water partition coefficient (Wildman–Crippen LogP) is -0.389. The number of hydrogen-bond donors (Lipinski definition) is 3.